The molecule has 0 heterocycles. The molecule has 4 rings (SSSR count). The standard InChI is InChI=1S/C34H42N2O4/c1-34(2,3)40-33(39)36-30(22-25-15-8-5-9-16-25)31(37)23-27(21-24-13-6-4-7-14-24)32(38)35-29-20-12-18-26-17-10-11-19-28(26)29/h4-11,13-17,19,27,29-31,37H,12,18,20-23H2,1-3H3,(H,35,38)(H,36,39)/t27-,29?,30+,31+/m1/s1. The molecule has 0 bridgehead atoms. The quantitative estimate of drug-likeness (QED) is 0.297. The minimum absolute atomic E-state index is 0.0483. The van der Waals surface area contributed by atoms with Gasteiger partial charge in [0.1, 0.15) is 5.60 Å². The first-order valence-corrected chi connectivity index (χ1v) is 14.3. The summed E-state index contributed by atoms with van der Waals surface area (Å²) in [4.78, 5) is 26.5. The Morgan fingerprint density at radius 3 is 2.15 bits per heavy atom. The Morgan fingerprint density at radius 1 is 0.900 bits per heavy atom. The van der Waals surface area contributed by atoms with Gasteiger partial charge in [0, 0.05) is 5.92 Å². The van der Waals surface area contributed by atoms with Gasteiger partial charge in [-0.05, 0) is 81.5 Å². The molecule has 3 N–H and O–H groups in total. The van der Waals surface area contributed by atoms with Crippen LogP contribution >= 0.6 is 0 Å². The van der Waals surface area contributed by atoms with Crippen LogP contribution in [0.4, 0.5) is 4.79 Å². The van der Waals surface area contributed by atoms with E-state index in [4.69, 9.17) is 4.74 Å². The maximum absolute atomic E-state index is 13.8. The highest BCUT2D eigenvalue weighted by Gasteiger charge is 2.31. The second-order valence-electron chi connectivity index (χ2n) is 11.8. The van der Waals surface area contributed by atoms with Gasteiger partial charge in [-0.1, -0.05) is 84.9 Å². The average Bonchev–Trinajstić information content (AvgIpc) is 2.92. The Bertz CT molecular complexity index is 1240. The van der Waals surface area contributed by atoms with E-state index in [9.17, 15) is 14.7 Å². The molecule has 212 valence electrons. The van der Waals surface area contributed by atoms with Crippen LogP contribution in [0.2, 0.25) is 0 Å². The minimum atomic E-state index is -0.967. The molecule has 4 atom stereocenters. The van der Waals surface area contributed by atoms with Crippen molar-refractivity contribution in [3.05, 3.63) is 107 Å². The Kier molecular flexibility index (Phi) is 9.99. The molecule has 1 aliphatic carbocycles. The van der Waals surface area contributed by atoms with E-state index in [1.54, 1.807) is 20.8 Å². The zero-order valence-electron chi connectivity index (χ0n) is 23.8. The second kappa shape index (κ2) is 13.6. The highest BCUT2D eigenvalue weighted by molar-refractivity contribution is 5.79. The number of aliphatic hydroxyl groups is 1. The molecule has 0 saturated carbocycles. The molecule has 0 radical (unpaired) electrons. The third kappa shape index (κ3) is 8.68. The number of hydrogen-bond acceptors (Lipinski definition) is 4. The van der Waals surface area contributed by atoms with Crippen molar-refractivity contribution in [3.8, 4) is 0 Å². The predicted octanol–water partition coefficient (Wildman–Crippen LogP) is 5.93. The summed E-state index contributed by atoms with van der Waals surface area (Å²) in [6.45, 7) is 5.41. The largest absolute Gasteiger partial charge is 0.444 e. The fourth-order valence-corrected chi connectivity index (χ4v) is 5.44. The number of alkyl carbamates (subject to hydrolysis) is 1. The molecule has 0 saturated heterocycles. The van der Waals surface area contributed by atoms with Gasteiger partial charge in [-0.25, -0.2) is 4.79 Å². The number of aryl methyl sites for hydroxylation is 1. The number of nitrogens with one attached hydrogen (secondary N) is 2. The number of benzene rings is 3. The molecule has 6 nitrogen and oxygen atoms in total. The lowest BCUT2D eigenvalue weighted by molar-refractivity contribution is -0.127. The molecule has 0 aromatic heterocycles. The molecule has 0 fully saturated rings. The minimum Gasteiger partial charge on any atom is -0.444 e. The highest BCUT2D eigenvalue weighted by atomic mass is 16.6. The Balaban J connectivity index is 1.54. The predicted molar refractivity (Wildman–Crippen MR) is 158 cm³/mol. The number of rotatable bonds is 10. The van der Waals surface area contributed by atoms with Crippen molar-refractivity contribution in [2.24, 2.45) is 5.92 Å². The number of carbonyl (C=O) groups excluding carboxylic acids is 2. The van der Waals surface area contributed by atoms with E-state index in [0.717, 1.165) is 30.4 Å². The highest BCUT2D eigenvalue weighted by Crippen LogP contribution is 2.30. The maximum Gasteiger partial charge on any atom is 0.407 e. The van der Waals surface area contributed by atoms with Crippen molar-refractivity contribution in [1.82, 2.24) is 10.6 Å². The van der Waals surface area contributed by atoms with Gasteiger partial charge in [0.25, 0.3) is 0 Å². The molecule has 1 aliphatic rings. The van der Waals surface area contributed by atoms with Crippen LogP contribution in [-0.2, 0) is 28.8 Å². The van der Waals surface area contributed by atoms with E-state index in [1.165, 1.54) is 11.1 Å². The number of carbonyl (C=O) groups is 2. The number of aliphatic hydroxyl groups excluding tert-OH is 1. The van der Waals surface area contributed by atoms with Crippen LogP contribution in [0.15, 0.2) is 84.9 Å². The van der Waals surface area contributed by atoms with Crippen molar-refractivity contribution >= 4 is 12.0 Å². The fraction of sp³-hybridized carbons (Fsp3) is 0.412. The summed E-state index contributed by atoms with van der Waals surface area (Å²) in [7, 11) is 0. The van der Waals surface area contributed by atoms with E-state index in [1.807, 2.05) is 72.8 Å². The Labute approximate surface area is 238 Å². The van der Waals surface area contributed by atoms with E-state index in [-0.39, 0.29) is 18.4 Å². The van der Waals surface area contributed by atoms with Gasteiger partial charge in [-0.15, -0.1) is 0 Å². The first-order chi connectivity index (χ1) is 19.2. The average molecular weight is 543 g/mol. The smallest absolute Gasteiger partial charge is 0.407 e. The molecular formula is C34H42N2O4. The normalized spacial score (nSPS) is 17.1. The monoisotopic (exact) mass is 542 g/mol. The van der Waals surface area contributed by atoms with Crippen LogP contribution in [0.1, 0.15) is 68.3 Å². The van der Waals surface area contributed by atoms with Gasteiger partial charge < -0.3 is 20.5 Å². The summed E-state index contributed by atoms with van der Waals surface area (Å²) in [6.07, 6.45) is 2.47. The van der Waals surface area contributed by atoms with E-state index in [0.29, 0.717) is 12.8 Å². The van der Waals surface area contributed by atoms with Crippen LogP contribution in [-0.4, -0.2) is 34.9 Å². The lowest BCUT2D eigenvalue weighted by Crippen LogP contribution is -2.48. The van der Waals surface area contributed by atoms with Crippen molar-refractivity contribution in [2.75, 3.05) is 0 Å². The van der Waals surface area contributed by atoms with Crippen LogP contribution in [0.5, 0.6) is 0 Å². The molecule has 40 heavy (non-hydrogen) atoms. The first kappa shape index (κ1) is 29.3. The lowest BCUT2D eigenvalue weighted by Gasteiger charge is -2.31. The van der Waals surface area contributed by atoms with E-state index in [2.05, 4.69) is 22.8 Å². The van der Waals surface area contributed by atoms with Gasteiger partial charge in [-0.2, -0.15) is 0 Å². The topological polar surface area (TPSA) is 87.7 Å². The maximum atomic E-state index is 13.8. The third-order valence-corrected chi connectivity index (χ3v) is 7.37. The van der Waals surface area contributed by atoms with Gasteiger partial charge in [0.15, 0.2) is 0 Å². The number of fused-ring (bicyclic) bond motifs is 1. The summed E-state index contributed by atoms with van der Waals surface area (Å²) in [6, 6.07) is 27.2. The van der Waals surface area contributed by atoms with Crippen molar-refractivity contribution < 1.29 is 19.4 Å². The summed E-state index contributed by atoms with van der Waals surface area (Å²) < 4.78 is 5.50. The van der Waals surface area contributed by atoms with Crippen LogP contribution in [0.25, 0.3) is 0 Å². The second-order valence-corrected chi connectivity index (χ2v) is 11.8. The van der Waals surface area contributed by atoms with Crippen molar-refractivity contribution in [2.45, 2.75) is 83.1 Å². The van der Waals surface area contributed by atoms with E-state index >= 15 is 0 Å². The molecule has 6 heteroatoms. The number of ether oxygens (including phenoxy) is 1. The first-order valence-electron chi connectivity index (χ1n) is 14.3. The van der Waals surface area contributed by atoms with Crippen LogP contribution in [0, 0.1) is 5.92 Å². The Morgan fingerprint density at radius 2 is 1.50 bits per heavy atom. The summed E-state index contributed by atoms with van der Waals surface area (Å²) >= 11 is 0. The molecule has 3 aromatic rings. The van der Waals surface area contributed by atoms with Gasteiger partial charge in [-0.3, -0.25) is 4.79 Å². The number of amides is 2. The third-order valence-electron chi connectivity index (χ3n) is 7.37. The van der Waals surface area contributed by atoms with Crippen molar-refractivity contribution in [3.63, 3.8) is 0 Å². The lowest BCUT2D eigenvalue weighted by atomic mass is 9.85. The Hall–Kier alpha value is -3.64. The zero-order valence-corrected chi connectivity index (χ0v) is 23.8. The van der Waals surface area contributed by atoms with Crippen LogP contribution in [0.3, 0.4) is 0 Å². The molecule has 0 aliphatic heterocycles. The molecule has 1 unspecified atom stereocenters. The molecule has 2 amide bonds. The fourth-order valence-electron chi connectivity index (χ4n) is 5.44. The number of hydrogen-bond donors (Lipinski definition) is 3. The summed E-state index contributed by atoms with van der Waals surface area (Å²) in [5.41, 5.74) is 3.79. The van der Waals surface area contributed by atoms with Crippen LogP contribution < -0.4 is 10.6 Å². The van der Waals surface area contributed by atoms with Gasteiger partial charge in [0.05, 0.1) is 18.2 Å². The molecule has 0 spiro atoms. The van der Waals surface area contributed by atoms with E-state index < -0.39 is 29.8 Å². The van der Waals surface area contributed by atoms with Gasteiger partial charge in [0.2, 0.25) is 5.91 Å². The van der Waals surface area contributed by atoms with Crippen molar-refractivity contribution in [1.29, 1.82) is 0 Å². The molecular weight excluding hydrogens is 500 g/mol. The van der Waals surface area contributed by atoms with Gasteiger partial charge >= 0.3 is 6.09 Å². The SMILES string of the molecule is CC(C)(C)OC(=O)N[C@@H](Cc1ccccc1)[C@@H](O)C[C@@H](Cc1ccccc1)C(=O)NC1CCCc2ccccc21. The summed E-state index contributed by atoms with van der Waals surface area (Å²) in [5.74, 6) is -0.564. The molecule has 3 aromatic carbocycles. The zero-order chi connectivity index (χ0) is 28.5. The summed E-state index contributed by atoms with van der Waals surface area (Å²) in [5, 5.41) is 17.7.